The molecule has 3 rings (SSSR count). The van der Waals surface area contributed by atoms with E-state index < -0.39 is 0 Å². The lowest BCUT2D eigenvalue weighted by Gasteiger charge is -2.05. The average Bonchev–Trinajstić information content (AvgIpc) is 2.98. The monoisotopic (exact) mass is 268 g/mol. The zero-order valence-corrected chi connectivity index (χ0v) is 11.0. The highest BCUT2D eigenvalue weighted by molar-refractivity contribution is 5.84. The highest BCUT2D eigenvalue weighted by Crippen LogP contribution is 2.22. The van der Waals surface area contributed by atoms with Crippen LogP contribution in [0.15, 0.2) is 42.9 Å². The van der Waals surface area contributed by atoms with E-state index in [0.717, 1.165) is 29.7 Å². The van der Waals surface area contributed by atoms with E-state index in [-0.39, 0.29) is 5.75 Å². The Bertz CT molecular complexity index is 694. The van der Waals surface area contributed by atoms with Crippen LogP contribution in [-0.4, -0.2) is 26.6 Å². The Balaban J connectivity index is 1.61. The van der Waals surface area contributed by atoms with E-state index in [9.17, 15) is 5.11 Å². The van der Waals surface area contributed by atoms with Gasteiger partial charge in [0.15, 0.2) is 0 Å². The van der Waals surface area contributed by atoms with Gasteiger partial charge in [0.25, 0.3) is 0 Å². The van der Waals surface area contributed by atoms with Gasteiger partial charge in [0.05, 0.1) is 17.7 Å². The van der Waals surface area contributed by atoms with E-state index in [0.29, 0.717) is 12.1 Å². The quantitative estimate of drug-likeness (QED) is 0.619. The molecule has 5 nitrogen and oxygen atoms in total. The van der Waals surface area contributed by atoms with Crippen LogP contribution in [0.3, 0.4) is 0 Å². The molecule has 20 heavy (non-hydrogen) atoms. The Hall–Kier alpha value is -2.40. The number of hydrogen-bond acceptors (Lipinski definition) is 4. The first kappa shape index (κ1) is 12.6. The first-order valence-electron chi connectivity index (χ1n) is 6.59. The van der Waals surface area contributed by atoms with Crippen molar-refractivity contribution in [1.82, 2.24) is 20.3 Å². The second kappa shape index (κ2) is 5.71. The maximum Gasteiger partial charge on any atom is 0.141 e. The van der Waals surface area contributed by atoms with E-state index in [1.807, 2.05) is 30.5 Å². The second-order valence-electron chi connectivity index (χ2n) is 4.64. The Morgan fingerprint density at radius 1 is 1.15 bits per heavy atom. The van der Waals surface area contributed by atoms with Crippen molar-refractivity contribution in [2.45, 2.75) is 13.0 Å². The number of para-hydroxylation sites is 1. The minimum absolute atomic E-state index is 0.223. The van der Waals surface area contributed by atoms with Crippen LogP contribution in [0.5, 0.6) is 5.75 Å². The van der Waals surface area contributed by atoms with Gasteiger partial charge in [-0.2, -0.15) is 0 Å². The molecule has 0 unspecified atom stereocenters. The normalized spacial score (nSPS) is 11.0. The number of phenols is 1. The lowest BCUT2D eigenvalue weighted by molar-refractivity contribution is 0.480. The van der Waals surface area contributed by atoms with Gasteiger partial charge in [-0.05, 0) is 12.1 Å². The number of rotatable bonds is 5. The number of H-pyrrole nitrogens is 1. The molecule has 0 atom stereocenters. The lowest BCUT2D eigenvalue weighted by atomic mass is 10.2. The molecule has 2 heterocycles. The lowest BCUT2D eigenvalue weighted by Crippen LogP contribution is -2.17. The fraction of sp³-hybridized carbons (Fsp3) is 0.200. The molecule has 2 aromatic heterocycles. The summed E-state index contributed by atoms with van der Waals surface area (Å²) in [7, 11) is 0. The van der Waals surface area contributed by atoms with Crippen molar-refractivity contribution in [1.29, 1.82) is 0 Å². The van der Waals surface area contributed by atoms with Gasteiger partial charge in [-0.25, -0.2) is 9.97 Å². The molecule has 0 radical (unpaired) electrons. The van der Waals surface area contributed by atoms with Crippen molar-refractivity contribution < 1.29 is 5.11 Å². The Kier molecular flexibility index (Phi) is 3.60. The molecule has 0 aliphatic carbocycles. The van der Waals surface area contributed by atoms with Crippen LogP contribution in [0.2, 0.25) is 0 Å². The summed E-state index contributed by atoms with van der Waals surface area (Å²) in [5, 5.41) is 14.1. The average molecular weight is 268 g/mol. The van der Waals surface area contributed by atoms with Crippen LogP contribution in [-0.2, 0) is 13.0 Å². The molecule has 0 bridgehead atoms. The molecule has 0 aliphatic rings. The van der Waals surface area contributed by atoms with Crippen LogP contribution in [0.25, 0.3) is 10.9 Å². The summed E-state index contributed by atoms with van der Waals surface area (Å²) < 4.78 is 0. The molecule has 0 saturated carbocycles. The zero-order valence-electron chi connectivity index (χ0n) is 11.0. The van der Waals surface area contributed by atoms with Crippen molar-refractivity contribution in [3.63, 3.8) is 0 Å². The van der Waals surface area contributed by atoms with Crippen LogP contribution >= 0.6 is 0 Å². The van der Waals surface area contributed by atoms with E-state index in [2.05, 4.69) is 20.3 Å². The first-order valence-corrected chi connectivity index (χ1v) is 6.59. The highest BCUT2D eigenvalue weighted by Gasteiger charge is 2.02. The molecular weight excluding hydrogens is 252 g/mol. The molecule has 0 amide bonds. The fourth-order valence-corrected chi connectivity index (χ4v) is 2.13. The van der Waals surface area contributed by atoms with Crippen LogP contribution in [0.4, 0.5) is 0 Å². The maximum atomic E-state index is 9.80. The van der Waals surface area contributed by atoms with Gasteiger partial charge in [-0.1, -0.05) is 18.2 Å². The number of benzene rings is 1. The Morgan fingerprint density at radius 3 is 2.95 bits per heavy atom. The third-order valence-corrected chi connectivity index (χ3v) is 3.18. The molecule has 3 N–H and O–H groups in total. The molecule has 0 spiro atoms. The minimum atomic E-state index is 0.223. The third-order valence-electron chi connectivity index (χ3n) is 3.18. The van der Waals surface area contributed by atoms with Gasteiger partial charge in [-0.3, -0.25) is 0 Å². The summed E-state index contributed by atoms with van der Waals surface area (Å²) in [4.78, 5) is 11.6. The molecule has 5 heteroatoms. The topological polar surface area (TPSA) is 73.8 Å². The van der Waals surface area contributed by atoms with Crippen molar-refractivity contribution in [2.75, 3.05) is 6.54 Å². The van der Waals surface area contributed by atoms with Crippen LogP contribution in [0.1, 0.15) is 11.4 Å². The number of nitrogens with zero attached hydrogens (tertiary/aromatic N) is 2. The number of aromatic nitrogens is 3. The van der Waals surface area contributed by atoms with Crippen molar-refractivity contribution >= 4 is 10.9 Å². The minimum Gasteiger partial charge on any atom is -0.506 e. The predicted molar refractivity (Wildman–Crippen MR) is 77.4 cm³/mol. The van der Waals surface area contributed by atoms with Crippen LogP contribution < -0.4 is 5.32 Å². The van der Waals surface area contributed by atoms with Gasteiger partial charge in [0, 0.05) is 31.1 Å². The number of imidazole rings is 1. The number of pyridine rings is 1. The summed E-state index contributed by atoms with van der Waals surface area (Å²) >= 11 is 0. The number of hydrogen-bond donors (Lipinski definition) is 3. The standard InChI is InChI=1S/C15H16N4O/c20-14-3-1-2-11-4-5-13(19-15(11)14)9-16-7-6-12-8-17-10-18-12/h1-5,8,10,16,20H,6-7,9H2,(H,17,18). The van der Waals surface area contributed by atoms with E-state index in [1.54, 1.807) is 12.4 Å². The molecule has 0 aliphatic heterocycles. The van der Waals surface area contributed by atoms with E-state index in [4.69, 9.17) is 0 Å². The first-order chi connectivity index (χ1) is 9.83. The molecule has 3 aromatic rings. The van der Waals surface area contributed by atoms with Crippen LogP contribution in [0, 0.1) is 0 Å². The Morgan fingerprint density at radius 2 is 2.10 bits per heavy atom. The van der Waals surface area contributed by atoms with Gasteiger partial charge in [-0.15, -0.1) is 0 Å². The fourth-order valence-electron chi connectivity index (χ4n) is 2.13. The highest BCUT2D eigenvalue weighted by atomic mass is 16.3. The summed E-state index contributed by atoms with van der Waals surface area (Å²) in [6, 6.07) is 9.37. The van der Waals surface area contributed by atoms with E-state index >= 15 is 0 Å². The summed E-state index contributed by atoms with van der Waals surface area (Å²) in [5.41, 5.74) is 2.61. The SMILES string of the molecule is Oc1cccc2ccc(CNCCc3c[nH]cn3)nc12. The number of fused-ring (bicyclic) bond motifs is 1. The molecule has 0 saturated heterocycles. The maximum absolute atomic E-state index is 9.80. The molecular formula is C15H16N4O. The molecule has 102 valence electrons. The number of aromatic hydroxyl groups is 1. The summed E-state index contributed by atoms with van der Waals surface area (Å²) in [6.45, 7) is 1.51. The molecule has 1 aromatic carbocycles. The van der Waals surface area contributed by atoms with Gasteiger partial charge >= 0.3 is 0 Å². The third kappa shape index (κ3) is 2.78. The van der Waals surface area contributed by atoms with Crippen molar-refractivity contribution in [2.24, 2.45) is 0 Å². The zero-order chi connectivity index (χ0) is 13.8. The predicted octanol–water partition coefficient (Wildman–Crippen LogP) is 2.00. The largest absolute Gasteiger partial charge is 0.506 e. The summed E-state index contributed by atoms with van der Waals surface area (Å²) in [5.74, 6) is 0.223. The number of phenolic OH excluding ortho intramolecular Hbond substituents is 1. The smallest absolute Gasteiger partial charge is 0.141 e. The molecule has 0 fully saturated rings. The van der Waals surface area contributed by atoms with Crippen molar-refractivity contribution in [3.8, 4) is 5.75 Å². The number of aromatic amines is 1. The van der Waals surface area contributed by atoms with Gasteiger partial charge in [0.1, 0.15) is 11.3 Å². The van der Waals surface area contributed by atoms with E-state index in [1.165, 1.54) is 0 Å². The van der Waals surface area contributed by atoms with Gasteiger partial charge in [0.2, 0.25) is 0 Å². The van der Waals surface area contributed by atoms with Crippen molar-refractivity contribution in [3.05, 3.63) is 54.2 Å². The number of nitrogens with one attached hydrogen (secondary N) is 2. The summed E-state index contributed by atoms with van der Waals surface area (Å²) in [6.07, 6.45) is 4.46. The van der Waals surface area contributed by atoms with Gasteiger partial charge < -0.3 is 15.4 Å². The Labute approximate surface area is 116 Å². The second-order valence-corrected chi connectivity index (χ2v) is 4.64.